The predicted octanol–water partition coefficient (Wildman–Crippen LogP) is 21.6. The fraction of sp³-hybridized carbons (Fsp3) is 0.146. The monoisotopic (exact) mass is 1150 g/mol. The molecule has 6 nitrogen and oxygen atoms in total. The van der Waals surface area contributed by atoms with Gasteiger partial charge in [0.15, 0.2) is 0 Å². The van der Waals surface area contributed by atoms with Gasteiger partial charge in [-0.15, -0.1) is 0 Å². The van der Waals surface area contributed by atoms with Crippen molar-refractivity contribution in [2.75, 3.05) is 19.6 Å². The van der Waals surface area contributed by atoms with Gasteiger partial charge in [-0.05, 0) is 181 Å². The second-order valence-electron chi connectivity index (χ2n) is 27.4. The lowest BCUT2D eigenvalue weighted by atomic mass is 9.33. The topological polar surface area (TPSA) is 39.2 Å². The van der Waals surface area contributed by atoms with E-state index in [9.17, 15) is 0 Å². The molecule has 2 aliphatic rings. The third kappa shape index (κ3) is 9.00. The second-order valence-corrected chi connectivity index (χ2v) is 27.4. The van der Waals surface area contributed by atoms with Crippen LogP contribution in [0.25, 0.3) is 54.6 Å². The van der Waals surface area contributed by atoms with Crippen LogP contribution < -0.4 is 36.0 Å². The molecule has 14 aromatic rings. The first-order chi connectivity index (χ1) is 43.0. The molecule has 432 valence electrons. The fourth-order valence-corrected chi connectivity index (χ4v) is 14.0. The van der Waals surface area contributed by atoms with E-state index in [0.717, 1.165) is 112 Å². The minimum atomic E-state index is -0.208. The average Bonchev–Trinajstić information content (AvgIpc) is 1.46. The van der Waals surface area contributed by atoms with Gasteiger partial charge in [-0.1, -0.05) is 196 Å². The Morgan fingerprint density at radius 3 is 1.44 bits per heavy atom. The number of para-hydroxylation sites is 3. The zero-order valence-corrected chi connectivity index (χ0v) is 51.9. The van der Waals surface area contributed by atoms with Crippen molar-refractivity contribution >= 4 is 146 Å². The maximum Gasteiger partial charge on any atom is 0.252 e. The maximum atomic E-state index is 6.89. The number of nitrogens with zero attached hydrogens (tertiary/aromatic N) is 4. The number of rotatable bonds is 8. The van der Waals surface area contributed by atoms with Gasteiger partial charge in [0.05, 0.1) is 16.8 Å². The van der Waals surface area contributed by atoms with Crippen molar-refractivity contribution in [1.82, 2.24) is 0 Å². The third-order valence-electron chi connectivity index (χ3n) is 18.7. The highest BCUT2D eigenvalue weighted by Crippen LogP contribution is 2.52. The number of furan rings is 2. The van der Waals surface area contributed by atoms with Crippen molar-refractivity contribution in [1.29, 1.82) is 0 Å². The Labute approximate surface area is 521 Å². The molecular weight excluding hydrogens is 1080 g/mol. The molecule has 16 rings (SSSR count). The van der Waals surface area contributed by atoms with Gasteiger partial charge in [-0.25, -0.2) is 0 Å². The average molecular weight is 1150 g/mol. The molecule has 0 radical (unpaired) electrons. The van der Waals surface area contributed by atoms with E-state index in [0.29, 0.717) is 0 Å². The first-order valence-electron chi connectivity index (χ1n) is 31.3. The number of hydrogen-bond acceptors (Lipinski definition) is 6. The smallest absolute Gasteiger partial charge is 0.252 e. The van der Waals surface area contributed by atoms with Crippen LogP contribution in [0.1, 0.15) is 79.0 Å². The van der Waals surface area contributed by atoms with Crippen LogP contribution in [0.15, 0.2) is 264 Å². The van der Waals surface area contributed by atoms with Gasteiger partial charge in [-0.3, -0.25) is 0 Å². The second kappa shape index (κ2) is 20.2. The molecule has 2 aromatic heterocycles. The highest BCUT2D eigenvalue weighted by Gasteiger charge is 2.46. The van der Waals surface area contributed by atoms with Crippen LogP contribution in [0.2, 0.25) is 0 Å². The molecule has 0 aliphatic carbocycles. The van der Waals surface area contributed by atoms with Crippen molar-refractivity contribution < 1.29 is 8.83 Å². The first kappa shape index (κ1) is 54.2. The normalized spacial score (nSPS) is 13.2. The van der Waals surface area contributed by atoms with Gasteiger partial charge in [-0.2, -0.15) is 0 Å². The van der Waals surface area contributed by atoms with Gasteiger partial charge in [0, 0.05) is 73.0 Å². The molecule has 0 N–H and O–H groups in total. The summed E-state index contributed by atoms with van der Waals surface area (Å²) in [5.41, 5.74) is 23.6. The lowest BCUT2D eigenvalue weighted by Gasteiger charge is -2.45. The summed E-state index contributed by atoms with van der Waals surface area (Å²) in [6.07, 6.45) is 0. The van der Waals surface area contributed by atoms with Crippen molar-refractivity contribution in [3.63, 3.8) is 0 Å². The Balaban J connectivity index is 1.03. The number of fused-ring (bicyclic) bond motifs is 12. The van der Waals surface area contributed by atoms with E-state index in [4.69, 9.17) is 8.83 Å². The molecule has 2 aliphatic heterocycles. The summed E-state index contributed by atoms with van der Waals surface area (Å²) in [5.74, 6) is 0. The van der Waals surface area contributed by atoms with Gasteiger partial charge < -0.3 is 28.4 Å². The highest BCUT2D eigenvalue weighted by atomic mass is 16.3. The number of benzene rings is 12. The molecule has 7 heteroatoms. The predicted molar refractivity (Wildman–Crippen MR) is 378 cm³/mol. The van der Waals surface area contributed by atoms with Crippen molar-refractivity contribution in [2.45, 2.75) is 78.6 Å². The first-order valence-corrected chi connectivity index (χ1v) is 31.3. The Morgan fingerprint density at radius 2 is 0.764 bits per heavy atom. The number of anilines is 12. The summed E-state index contributed by atoms with van der Waals surface area (Å²) >= 11 is 0. The van der Waals surface area contributed by atoms with Gasteiger partial charge in [0.2, 0.25) is 0 Å². The molecule has 0 amide bonds. The van der Waals surface area contributed by atoms with Crippen LogP contribution in [0, 0.1) is 0 Å². The van der Waals surface area contributed by atoms with E-state index in [1.165, 1.54) is 43.9 Å². The summed E-state index contributed by atoms with van der Waals surface area (Å²) in [6.45, 7) is 20.4. The van der Waals surface area contributed by atoms with E-state index in [1.807, 2.05) is 6.07 Å². The molecule has 0 atom stereocenters. The molecule has 0 saturated carbocycles. The van der Waals surface area contributed by atoms with Gasteiger partial charge in [0.25, 0.3) is 6.71 Å². The fourth-order valence-electron chi connectivity index (χ4n) is 14.0. The van der Waals surface area contributed by atoms with Crippen molar-refractivity contribution in [3.05, 3.63) is 271 Å². The van der Waals surface area contributed by atoms with E-state index in [-0.39, 0.29) is 23.0 Å². The standard InChI is InChI=1S/C82H69BN4O2/c1-80(2,3)54-28-35-58(36-29-54)84(62-42-45-75-67(48-62)65-23-15-17-25-73(65)88-75)63-41-43-68-70(49-63)86(59-37-30-55(31-38-59)81(4,5)6)71-50-64(85(57-21-11-10-12-22-57)61-34-27-52-19-13-14-20-53(52)47-61)51-72-78(71)83(68)69-44-46-76-77(66-24-16-18-26-74(66)89-76)79(69)87(72)60-39-32-56(33-40-60)82(7,8)9/h10-51H,1-9H3. The van der Waals surface area contributed by atoms with Crippen LogP contribution >= 0.6 is 0 Å². The largest absolute Gasteiger partial charge is 0.456 e. The molecule has 12 aromatic carbocycles. The lowest BCUT2D eigenvalue weighted by molar-refractivity contribution is 0.590. The van der Waals surface area contributed by atoms with E-state index >= 15 is 0 Å². The molecular formula is C82H69BN4O2. The van der Waals surface area contributed by atoms with Gasteiger partial charge >= 0.3 is 0 Å². The quantitative estimate of drug-likeness (QED) is 0.141. The van der Waals surface area contributed by atoms with Crippen molar-refractivity contribution in [2.24, 2.45) is 0 Å². The van der Waals surface area contributed by atoms with Crippen LogP contribution in [-0.2, 0) is 16.2 Å². The summed E-state index contributed by atoms with van der Waals surface area (Å²) in [6, 6.07) is 94.6. The summed E-state index contributed by atoms with van der Waals surface area (Å²) in [5, 5.41) is 6.71. The Bertz CT molecular complexity index is 5100. The van der Waals surface area contributed by atoms with Crippen LogP contribution in [0.5, 0.6) is 0 Å². The van der Waals surface area contributed by atoms with Crippen LogP contribution in [-0.4, -0.2) is 6.71 Å². The Hall–Kier alpha value is -10.2. The lowest BCUT2D eigenvalue weighted by Crippen LogP contribution is -2.61. The summed E-state index contributed by atoms with van der Waals surface area (Å²) < 4.78 is 13.4. The van der Waals surface area contributed by atoms with E-state index in [2.05, 4.69) is 331 Å². The number of hydrogen-bond donors (Lipinski definition) is 0. The van der Waals surface area contributed by atoms with Crippen LogP contribution in [0.4, 0.5) is 68.2 Å². The minimum absolute atomic E-state index is 0.0294. The molecule has 89 heavy (non-hydrogen) atoms. The third-order valence-corrected chi connectivity index (χ3v) is 18.7. The Morgan fingerprint density at radius 1 is 0.315 bits per heavy atom. The van der Waals surface area contributed by atoms with E-state index < -0.39 is 0 Å². The summed E-state index contributed by atoms with van der Waals surface area (Å²) in [7, 11) is 0. The highest BCUT2D eigenvalue weighted by molar-refractivity contribution is 7.00. The zero-order valence-electron chi connectivity index (χ0n) is 51.9. The van der Waals surface area contributed by atoms with E-state index in [1.54, 1.807) is 0 Å². The molecule has 0 spiro atoms. The Kier molecular flexibility index (Phi) is 12.3. The summed E-state index contributed by atoms with van der Waals surface area (Å²) in [4.78, 5) is 10.0. The van der Waals surface area contributed by atoms with Crippen LogP contribution in [0.3, 0.4) is 0 Å². The SMILES string of the molecule is CC(C)(C)c1ccc(N(c2ccc3c(c2)N(c2ccc(C(C)(C)C)cc2)c2cc(N(c4ccccc4)c4ccc5ccccc5c4)cc4c2B3c2ccc3oc5ccccc5c3c2N4c2ccc(C(C)(C)C)cc2)c2ccc3oc4ccccc4c3c2)cc1. The zero-order chi connectivity index (χ0) is 60.7. The maximum absolute atomic E-state index is 6.89. The molecule has 0 unspecified atom stereocenters. The molecule has 4 heterocycles. The van der Waals surface area contributed by atoms with Crippen molar-refractivity contribution in [3.8, 4) is 0 Å². The van der Waals surface area contributed by atoms with Gasteiger partial charge in [0.1, 0.15) is 22.3 Å². The molecule has 0 fully saturated rings. The molecule has 0 bridgehead atoms. The molecule has 0 saturated heterocycles. The minimum Gasteiger partial charge on any atom is -0.456 e.